The fourth-order valence-corrected chi connectivity index (χ4v) is 3.12. The number of carbonyl (C=O) groups is 1. The van der Waals surface area contributed by atoms with Crippen molar-refractivity contribution >= 4 is 27.5 Å². The highest BCUT2D eigenvalue weighted by atomic mass is 79.9. The van der Waals surface area contributed by atoms with Crippen LogP contribution in [0.1, 0.15) is 31.7 Å². The molecular weight excluding hydrogens is 322 g/mol. The molecule has 0 atom stereocenters. The minimum absolute atomic E-state index is 0.0845. The Labute approximate surface area is 127 Å². The highest BCUT2D eigenvalue weighted by Gasteiger charge is 2.54. The fourth-order valence-electron chi connectivity index (χ4n) is 2.76. The van der Waals surface area contributed by atoms with Crippen LogP contribution in [-0.4, -0.2) is 25.7 Å². The van der Waals surface area contributed by atoms with Gasteiger partial charge in [0.15, 0.2) is 0 Å². The number of nitrogens with zero attached hydrogens (tertiary/aromatic N) is 1. The average molecular weight is 340 g/mol. The van der Waals surface area contributed by atoms with E-state index in [0.29, 0.717) is 19.8 Å². The summed E-state index contributed by atoms with van der Waals surface area (Å²) >= 11 is 3.47. The second-order valence-electron chi connectivity index (χ2n) is 5.14. The molecule has 2 aliphatic rings. The maximum absolute atomic E-state index is 12.8. The highest BCUT2D eigenvalue weighted by molar-refractivity contribution is 9.10. The third-order valence-electron chi connectivity index (χ3n) is 3.77. The van der Waals surface area contributed by atoms with Crippen molar-refractivity contribution in [2.45, 2.75) is 32.0 Å². The molecule has 20 heavy (non-hydrogen) atoms. The van der Waals surface area contributed by atoms with Crippen LogP contribution in [0.5, 0.6) is 0 Å². The first-order valence-corrected chi connectivity index (χ1v) is 7.88. The number of ether oxygens (including phenoxy) is 2. The molecule has 0 unspecified atom stereocenters. The van der Waals surface area contributed by atoms with Crippen LogP contribution in [0.2, 0.25) is 0 Å². The Morgan fingerprint density at radius 2 is 2.10 bits per heavy atom. The van der Waals surface area contributed by atoms with Crippen LogP contribution in [0.4, 0.5) is 5.69 Å². The Balaban J connectivity index is 2.05. The lowest BCUT2D eigenvalue weighted by molar-refractivity contribution is -0.256. The summed E-state index contributed by atoms with van der Waals surface area (Å²) in [6.07, 6.45) is 2.84. The third kappa shape index (κ3) is 2.08. The summed E-state index contributed by atoms with van der Waals surface area (Å²) in [6.45, 7) is 3.93. The number of rotatable bonds is 3. The quantitative estimate of drug-likeness (QED) is 0.848. The lowest BCUT2D eigenvalue weighted by Gasteiger charge is -2.32. The zero-order valence-corrected chi connectivity index (χ0v) is 13.1. The summed E-state index contributed by atoms with van der Waals surface area (Å²) in [5, 5.41) is 0. The number of hydrogen-bond acceptors (Lipinski definition) is 3. The van der Waals surface area contributed by atoms with Gasteiger partial charge >= 0.3 is 0 Å². The van der Waals surface area contributed by atoms with Crippen LogP contribution in [0.15, 0.2) is 22.7 Å². The van der Waals surface area contributed by atoms with E-state index < -0.39 is 5.79 Å². The molecule has 1 amide bonds. The molecule has 0 aliphatic carbocycles. The molecule has 108 valence electrons. The smallest absolute Gasteiger partial charge is 0.292 e. The van der Waals surface area contributed by atoms with Crippen molar-refractivity contribution in [1.29, 1.82) is 0 Å². The van der Waals surface area contributed by atoms with Gasteiger partial charge in [-0.25, -0.2) is 0 Å². The molecule has 1 spiro atoms. The summed E-state index contributed by atoms with van der Waals surface area (Å²) in [5.41, 5.74) is 1.74. The molecular formula is C15H18BrNO3. The largest absolute Gasteiger partial charge is 0.338 e. The topological polar surface area (TPSA) is 38.8 Å². The van der Waals surface area contributed by atoms with Crippen LogP contribution in [0.3, 0.4) is 0 Å². The van der Waals surface area contributed by atoms with E-state index in [0.717, 1.165) is 35.0 Å². The van der Waals surface area contributed by atoms with E-state index in [-0.39, 0.29) is 5.91 Å². The van der Waals surface area contributed by atoms with Crippen LogP contribution in [0, 0.1) is 0 Å². The first-order chi connectivity index (χ1) is 9.69. The summed E-state index contributed by atoms with van der Waals surface area (Å²) in [7, 11) is 0. The van der Waals surface area contributed by atoms with Gasteiger partial charge in [-0.2, -0.15) is 0 Å². The van der Waals surface area contributed by atoms with E-state index in [9.17, 15) is 4.79 Å². The third-order valence-corrected chi connectivity index (χ3v) is 4.26. The molecule has 1 fully saturated rings. The SMILES string of the molecule is CCCCN1C(=O)C2(OCCCO2)c2cc(Br)ccc21. The molecule has 1 saturated heterocycles. The van der Waals surface area contributed by atoms with Crippen molar-refractivity contribution in [1.82, 2.24) is 0 Å². The van der Waals surface area contributed by atoms with Gasteiger partial charge in [0.25, 0.3) is 11.7 Å². The Morgan fingerprint density at radius 3 is 2.80 bits per heavy atom. The number of carbonyl (C=O) groups excluding carboxylic acids is 1. The van der Waals surface area contributed by atoms with Gasteiger partial charge in [-0.15, -0.1) is 0 Å². The Morgan fingerprint density at radius 1 is 1.35 bits per heavy atom. The van der Waals surface area contributed by atoms with Crippen molar-refractivity contribution in [3.8, 4) is 0 Å². The Bertz CT molecular complexity index is 526. The molecule has 2 aliphatic heterocycles. The maximum Gasteiger partial charge on any atom is 0.292 e. The van der Waals surface area contributed by atoms with Crippen LogP contribution in [0.25, 0.3) is 0 Å². The summed E-state index contributed by atoms with van der Waals surface area (Å²) in [4.78, 5) is 14.6. The van der Waals surface area contributed by atoms with Crippen molar-refractivity contribution in [2.24, 2.45) is 0 Å². The molecule has 3 rings (SSSR count). The number of anilines is 1. The van der Waals surface area contributed by atoms with Gasteiger partial charge in [0.1, 0.15) is 0 Å². The number of amides is 1. The minimum Gasteiger partial charge on any atom is -0.338 e. The standard InChI is InChI=1S/C15H18BrNO3/c1-2-3-7-17-13-6-5-11(16)10-12(13)15(14(17)18)19-8-4-9-20-15/h5-6,10H,2-4,7-9H2,1H3. The molecule has 1 aromatic rings. The average Bonchev–Trinajstić information content (AvgIpc) is 2.68. The summed E-state index contributed by atoms with van der Waals surface area (Å²) in [5.74, 6) is -1.30. The zero-order valence-electron chi connectivity index (χ0n) is 11.5. The van der Waals surface area contributed by atoms with E-state index in [2.05, 4.69) is 22.9 Å². The van der Waals surface area contributed by atoms with Crippen molar-refractivity contribution in [3.63, 3.8) is 0 Å². The molecule has 0 radical (unpaired) electrons. The predicted octanol–water partition coefficient (Wildman–Crippen LogP) is 3.19. The zero-order chi connectivity index (χ0) is 14.2. The van der Waals surface area contributed by atoms with Gasteiger partial charge in [-0.1, -0.05) is 29.3 Å². The minimum atomic E-state index is -1.22. The van der Waals surface area contributed by atoms with Gasteiger partial charge in [0.05, 0.1) is 18.9 Å². The van der Waals surface area contributed by atoms with Gasteiger partial charge in [-0.3, -0.25) is 4.79 Å². The van der Waals surface area contributed by atoms with E-state index in [4.69, 9.17) is 9.47 Å². The molecule has 0 aromatic heterocycles. The molecule has 1 aromatic carbocycles. The number of fused-ring (bicyclic) bond motifs is 2. The van der Waals surface area contributed by atoms with Crippen LogP contribution < -0.4 is 4.90 Å². The predicted molar refractivity (Wildman–Crippen MR) is 79.6 cm³/mol. The first kappa shape index (κ1) is 14.0. The molecule has 0 bridgehead atoms. The number of unbranched alkanes of at least 4 members (excludes halogenated alkanes) is 1. The number of halogens is 1. The van der Waals surface area contributed by atoms with E-state index in [1.54, 1.807) is 4.90 Å². The highest BCUT2D eigenvalue weighted by Crippen LogP contribution is 2.46. The lowest BCUT2D eigenvalue weighted by atomic mass is 10.1. The Kier molecular flexibility index (Phi) is 3.84. The fraction of sp³-hybridized carbons (Fsp3) is 0.533. The molecule has 0 saturated carbocycles. The van der Waals surface area contributed by atoms with Crippen molar-refractivity contribution in [3.05, 3.63) is 28.2 Å². The second-order valence-corrected chi connectivity index (χ2v) is 6.05. The van der Waals surface area contributed by atoms with Crippen LogP contribution >= 0.6 is 15.9 Å². The number of hydrogen-bond donors (Lipinski definition) is 0. The summed E-state index contributed by atoms with van der Waals surface area (Å²) < 4.78 is 12.5. The molecule has 4 nitrogen and oxygen atoms in total. The molecule has 2 heterocycles. The summed E-state index contributed by atoms with van der Waals surface area (Å²) in [6, 6.07) is 5.85. The monoisotopic (exact) mass is 339 g/mol. The second kappa shape index (κ2) is 5.47. The lowest BCUT2D eigenvalue weighted by Crippen LogP contribution is -2.47. The van der Waals surface area contributed by atoms with Gasteiger partial charge in [0.2, 0.25) is 0 Å². The van der Waals surface area contributed by atoms with Gasteiger partial charge < -0.3 is 14.4 Å². The van der Waals surface area contributed by atoms with Gasteiger partial charge in [-0.05, 0) is 31.0 Å². The van der Waals surface area contributed by atoms with Crippen LogP contribution in [-0.2, 0) is 20.1 Å². The van der Waals surface area contributed by atoms with E-state index in [1.165, 1.54) is 0 Å². The van der Waals surface area contributed by atoms with Gasteiger partial charge in [0, 0.05) is 16.6 Å². The van der Waals surface area contributed by atoms with E-state index >= 15 is 0 Å². The normalized spacial score (nSPS) is 20.5. The first-order valence-electron chi connectivity index (χ1n) is 7.09. The molecule has 5 heteroatoms. The molecule has 0 N–H and O–H groups in total. The van der Waals surface area contributed by atoms with Crippen molar-refractivity contribution < 1.29 is 14.3 Å². The Hall–Kier alpha value is -0.910. The number of benzene rings is 1. The van der Waals surface area contributed by atoms with E-state index in [1.807, 2.05) is 18.2 Å². The maximum atomic E-state index is 12.8. The van der Waals surface area contributed by atoms with Crippen molar-refractivity contribution in [2.75, 3.05) is 24.7 Å².